The molecule has 1 aromatic carbocycles. The van der Waals surface area contributed by atoms with Gasteiger partial charge in [-0.15, -0.1) is 24.4 Å². The summed E-state index contributed by atoms with van der Waals surface area (Å²) in [5, 5.41) is 6.82. The van der Waals surface area contributed by atoms with Gasteiger partial charge in [-0.2, -0.15) is 0 Å². The van der Waals surface area contributed by atoms with Crippen molar-refractivity contribution in [1.82, 2.24) is 10.5 Å². The summed E-state index contributed by atoms with van der Waals surface area (Å²) >= 11 is 5.72. The van der Waals surface area contributed by atoms with Crippen LogP contribution in [-0.2, 0) is 34.0 Å². The van der Waals surface area contributed by atoms with E-state index in [2.05, 4.69) is 23.1 Å². The summed E-state index contributed by atoms with van der Waals surface area (Å²) in [5.74, 6) is 0.0317. The number of nitrogens with one attached hydrogen (secondary N) is 1. The maximum Gasteiger partial charge on any atom is 0.273 e. The van der Waals surface area contributed by atoms with Crippen molar-refractivity contribution < 1.29 is 27.9 Å². The first kappa shape index (κ1) is 23.1. The van der Waals surface area contributed by atoms with Crippen LogP contribution < -0.4 is 5.32 Å². The van der Waals surface area contributed by atoms with Gasteiger partial charge in [0.1, 0.15) is 17.2 Å². The van der Waals surface area contributed by atoms with E-state index in [0.717, 1.165) is 6.42 Å². The molecular weight excluding hydrogens is 431 g/mol. The molecule has 164 valence electrons. The third kappa shape index (κ3) is 6.71. The van der Waals surface area contributed by atoms with Crippen molar-refractivity contribution in [2.24, 2.45) is 5.92 Å². The number of thiol groups is 1. The number of carbonyl (C=O) groups excluding carboxylic acids is 1. The Balaban J connectivity index is 1.64. The van der Waals surface area contributed by atoms with Crippen LogP contribution in [0.2, 0.25) is 0 Å². The van der Waals surface area contributed by atoms with E-state index in [4.69, 9.17) is 18.7 Å². The molecule has 1 amide bonds. The topological polar surface area (TPSA) is 82.8 Å². The van der Waals surface area contributed by atoms with E-state index in [-0.39, 0.29) is 42.0 Å². The van der Waals surface area contributed by atoms with Crippen molar-refractivity contribution >= 4 is 30.3 Å². The first-order chi connectivity index (χ1) is 14.6. The Hall–Kier alpha value is -1.59. The van der Waals surface area contributed by atoms with E-state index in [1.165, 1.54) is 23.9 Å². The molecule has 1 fully saturated rings. The Morgan fingerprint density at radius 2 is 2.30 bits per heavy atom. The number of ether oxygens (including phenoxy) is 3. The summed E-state index contributed by atoms with van der Waals surface area (Å²) < 4.78 is 34.9. The predicted octanol–water partition coefficient (Wildman–Crippen LogP) is 3.39. The van der Waals surface area contributed by atoms with Crippen molar-refractivity contribution in [3.8, 4) is 0 Å². The molecule has 7 nitrogen and oxygen atoms in total. The quantitative estimate of drug-likeness (QED) is 0.396. The Kier molecular flexibility index (Phi) is 9.01. The number of aromatic nitrogens is 1. The highest BCUT2D eigenvalue weighted by molar-refractivity contribution is 8.09. The molecule has 0 saturated carbocycles. The zero-order chi connectivity index (χ0) is 21.3. The molecule has 1 saturated heterocycles. The van der Waals surface area contributed by atoms with Gasteiger partial charge in [0, 0.05) is 19.1 Å². The molecule has 1 aromatic heterocycles. The highest BCUT2D eigenvalue weighted by Crippen LogP contribution is 2.22. The molecule has 0 bridgehead atoms. The molecule has 3 rings (SSSR count). The number of amides is 1. The Labute approximate surface area is 184 Å². The molecule has 1 aliphatic heterocycles. The Morgan fingerprint density at radius 3 is 3.03 bits per heavy atom. The summed E-state index contributed by atoms with van der Waals surface area (Å²) in [5.41, 5.74) is 1.38. The Morgan fingerprint density at radius 1 is 1.43 bits per heavy atom. The van der Waals surface area contributed by atoms with Crippen LogP contribution in [-0.4, -0.2) is 41.8 Å². The van der Waals surface area contributed by atoms with Crippen LogP contribution in [0.5, 0.6) is 0 Å². The standard InChI is InChI=1S/C20H25FN2O5S2/c1-30-20(29)27-11-16-17(12-26-9-13-3-2-4-15(21)7-13)28-23-18(16)19(24)22-8-14-5-6-25-10-14/h2-4,7,14,20,29H,5-6,8-12H2,1H3,(H,22,24). The molecule has 0 radical (unpaired) electrons. The lowest BCUT2D eigenvalue weighted by Gasteiger charge is -2.11. The van der Waals surface area contributed by atoms with E-state index in [1.54, 1.807) is 12.1 Å². The number of nitrogens with zero attached hydrogens (tertiary/aromatic N) is 1. The summed E-state index contributed by atoms with van der Waals surface area (Å²) in [6.07, 6.45) is 2.79. The van der Waals surface area contributed by atoms with Gasteiger partial charge in [-0.3, -0.25) is 4.79 Å². The van der Waals surface area contributed by atoms with E-state index in [0.29, 0.717) is 42.6 Å². The maximum absolute atomic E-state index is 13.3. The van der Waals surface area contributed by atoms with E-state index < -0.39 is 0 Å². The van der Waals surface area contributed by atoms with Crippen LogP contribution >= 0.6 is 24.4 Å². The van der Waals surface area contributed by atoms with Gasteiger partial charge in [-0.25, -0.2) is 4.39 Å². The second-order valence-corrected chi connectivity index (χ2v) is 8.57. The van der Waals surface area contributed by atoms with Crippen molar-refractivity contribution in [2.45, 2.75) is 31.0 Å². The smallest absolute Gasteiger partial charge is 0.273 e. The van der Waals surface area contributed by atoms with Crippen LogP contribution in [0.1, 0.15) is 33.8 Å². The maximum atomic E-state index is 13.3. The van der Waals surface area contributed by atoms with Crippen LogP contribution in [0.15, 0.2) is 28.8 Å². The van der Waals surface area contributed by atoms with Crippen molar-refractivity contribution in [1.29, 1.82) is 0 Å². The van der Waals surface area contributed by atoms with Gasteiger partial charge in [0.05, 0.1) is 25.4 Å². The van der Waals surface area contributed by atoms with Gasteiger partial charge in [0.15, 0.2) is 11.5 Å². The second kappa shape index (κ2) is 11.7. The predicted molar refractivity (Wildman–Crippen MR) is 114 cm³/mol. The molecule has 1 N–H and O–H groups in total. The summed E-state index contributed by atoms with van der Waals surface area (Å²) in [6.45, 7) is 2.24. The number of carbonyl (C=O) groups is 1. The van der Waals surface area contributed by atoms with Gasteiger partial charge in [-0.1, -0.05) is 17.3 Å². The molecule has 0 spiro atoms. The normalized spacial score (nSPS) is 17.2. The van der Waals surface area contributed by atoms with E-state index >= 15 is 0 Å². The minimum absolute atomic E-state index is 0.0719. The largest absolute Gasteiger partial charge is 0.381 e. The lowest BCUT2D eigenvalue weighted by atomic mass is 10.1. The number of rotatable bonds is 11. The van der Waals surface area contributed by atoms with Crippen LogP contribution in [0, 0.1) is 11.7 Å². The van der Waals surface area contributed by atoms with Crippen LogP contribution in [0.3, 0.4) is 0 Å². The lowest BCUT2D eigenvalue weighted by molar-refractivity contribution is 0.0840. The van der Waals surface area contributed by atoms with Crippen LogP contribution in [0.4, 0.5) is 4.39 Å². The fourth-order valence-corrected chi connectivity index (χ4v) is 3.24. The molecule has 10 heteroatoms. The Bertz CT molecular complexity index is 829. The summed E-state index contributed by atoms with van der Waals surface area (Å²) in [7, 11) is 0. The summed E-state index contributed by atoms with van der Waals surface area (Å²) in [4.78, 5) is 12.6. The number of benzene rings is 1. The SMILES string of the molecule is CSC(S)OCc1c(C(=O)NCC2CCOC2)noc1COCc1cccc(F)c1. The molecule has 2 heterocycles. The van der Waals surface area contributed by atoms with Crippen molar-refractivity contribution in [3.63, 3.8) is 0 Å². The molecule has 2 aromatic rings. The fraction of sp³-hybridized carbons (Fsp3) is 0.500. The fourth-order valence-electron chi connectivity index (χ4n) is 2.96. The highest BCUT2D eigenvalue weighted by atomic mass is 32.2. The minimum Gasteiger partial charge on any atom is -0.381 e. The van der Waals surface area contributed by atoms with Crippen LogP contribution in [0.25, 0.3) is 0 Å². The second-order valence-electron chi connectivity index (χ2n) is 6.85. The minimum atomic E-state index is -0.354. The average molecular weight is 457 g/mol. The zero-order valence-corrected chi connectivity index (χ0v) is 18.3. The van der Waals surface area contributed by atoms with Gasteiger partial charge in [0.25, 0.3) is 5.91 Å². The van der Waals surface area contributed by atoms with E-state index in [1.807, 2.05) is 6.26 Å². The number of hydrogen-bond donors (Lipinski definition) is 2. The highest BCUT2D eigenvalue weighted by Gasteiger charge is 2.24. The first-order valence-corrected chi connectivity index (χ1v) is 11.3. The van der Waals surface area contributed by atoms with Crippen molar-refractivity contribution in [3.05, 3.63) is 52.7 Å². The molecule has 0 aliphatic carbocycles. The van der Waals surface area contributed by atoms with Gasteiger partial charge in [-0.05, 0) is 30.4 Å². The van der Waals surface area contributed by atoms with Gasteiger partial charge < -0.3 is 24.1 Å². The average Bonchev–Trinajstić information content (AvgIpc) is 3.40. The number of thioether (sulfide) groups is 1. The lowest BCUT2D eigenvalue weighted by Crippen LogP contribution is -2.30. The number of hydrogen-bond acceptors (Lipinski definition) is 8. The van der Waals surface area contributed by atoms with E-state index in [9.17, 15) is 9.18 Å². The summed E-state index contributed by atoms with van der Waals surface area (Å²) in [6, 6.07) is 6.16. The molecule has 1 aliphatic rings. The molecule has 30 heavy (non-hydrogen) atoms. The molecule has 2 unspecified atom stereocenters. The van der Waals surface area contributed by atoms with Crippen molar-refractivity contribution in [2.75, 3.05) is 26.0 Å². The van der Waals surface area contributed by atoms with Gasteiger partial charge in [0.2, 0.25) is 0 Å². The first-order valence-electron chi connectivity index (χ1n) is 9.54. The molecule has 2 atom stereocenters. The number of halogens is 1. The molecular formula is C20H25FN2O5S2. The monoisotopic (exact) mass is 456 g/mol. The zero-order valence-electron chi connectivity index (χ0n) is 16.6. The van der Waals surface area contributed by atoms with Gasteiger partial charge >= 0.3 is 0 Å². The third-order valence-electron chi connectivity index (χ3n) is 4.62. The third-order valence-corrected chi connectivity index (χ3v) is 5.94.